The maximum Gasteiger partial charge on any atom is 0.226 e. The number of rotatable bonds is 5. The van der Waals surface area contributed by atoms with E-state index in [0.717, 1.165) is 60.2 Å². The standard InChI is InChI=1S/C24H32N6O/c1-15(22-25-3-4-26-22)30-5-2-19-20(13-30)27-14-28-23(19)29-21(31)12-24-9-16-6-17(10-24)8-18(7-16)11-24/h3-4,14-18H,2,5-13H2,1H3,(H,25,26)(H,27,28,29,31). The smallest absolute Gasteiger partial charge is 0.226 e. The van der Waals surface area contributed by atoms with Gasteiger partial charge in [0.15, 0.2) is 0 Å². The third-order valence-electron chi connectivity index (χ3n) is 8.46. The average molecular weight is 421 g/mol. The number of nitrogens with zero attached hydrogens (tertiary/aromatic N) is 4. The van der Waals surface area contributed by atoms with Crippen LogP contribution in [0.5, 0.6) is 0 Å². The topological polar surface area (TPSA) is 86.8 Å². The Morgan fingerprint density at radius 1 is 1.19 bits per heavy atom. The number of anilines is 1. The SMILES string of the molecule is CC(c1ncc[nH]1)N1CCc2c(ncnc2NC(=O)CC23CC4CC(CC(C4)C2)C3)C1. The second-order valence-electron chi connectivity index (χ2n) is 10.7. The highest BCUT2D eigenvalue weighted by Gasteiger charge is 2.51. The number of imidazole rings is 1. The molecular formula is C24H32N6O. The first kappa shape index (κ1) is 19.4. The summed E-state index contributed by atoms with van der Waals surface area (Å²) >= 11 is 0. The van der Waals surface area contributed by atoms with Crippen LogP contribution in [0, 0.1) is 23.2 Å². The van der Waals surface area contributed by atoms with E-state index < -0.39 is 0 Å². The molecule has 4 bridgehead atoms. The van der Waals surface area contributed by atoms with Crippen LogP contribution in [0.3, 0.4) is 0 Å². The average Bonchev–Trinajstić information content (AvgIpc) is 3.26. The van der Waals surface area contributed by atoms with Crippen molar-refractivity contribution in [2.75, 3.05) is 11.9 Å². The summed E-state index contributed by atoms with van der Waals surface area (Å²) in [5.41, 5.74) is 2.37. The molecule has 2 aromatic heterocycles. The molecule has 4 aliphatic carbocycles. The second kappa shape index (κ2) is 7.40. The summed E-state index contributed by atoms with van der Waals surface area (Å²) in [6.07, 6.45) is 14.8. The highest BCUT2D eigenvalue weighted by molar-refractivity contribution is 5.91. The van der Waals surface area contributed by atoms with Crippen molar-refractivity contribution in [2.24, 2.45) is 23.2 Å². The number of amides is 1. The van der Waals surface area contributed by atoms with Gasteiger partial charge in [-0.05, 0) is 75.0 Å². The van der Waals surface area contributed by atoms with Gasteiger partial charge in [0.2, 0.25) is 5.91 Å². The van der Waals surface area contributed by atoms with Gasteiger partial charge in [0, 0.05) is 37.5 Å². The first-order valence-corrected chi connectivity index (χ1v) is 11.9. The van der Waals surface area contributed by atoms with Crippen LogP contribution in [-0.2, 0) is 17.8 Å². The molecule has 2 aromatic rings. The highest BCUT2D eigenvalue weighted by Crippen LogP contribution is 2.61. The predicted molar refractivity (Wildman–Crippen MR) is 117 cm³/mol. The molecule has 4 saturated carbocycles. The fourth-order valence-electron chi connectivity index (χ4n) is 7.52. The molecule has 7 heteroatoms. The lowest BCUT2D eigenvalue weighted by atomic mass is 9.49. The Hall–Kier alpha value is -2.28. The Morgan fingerprint density at radius 3 is 2.61 bits per heavy atom. The van der Waals surface area contributed by atoms with Crippen molar-refractivity contribution >= 4 is 11.7 Å². The third-order valence-corrected chi connectivity index (χ3v) is 8.46. The van der Waals surface area contributed by atoms with Crippen molar-refractivity contribution in [3.05, 3.63) is 35.8 Å². The summed E-state index contributed by atoms with van der Waals surface area (Å²) in [4.78, 5) is 32.1. The second-order valence-corrected chi connectivity index (χ2v) is 10.7. The number of carbonyl (C=O) groups excluding carboxylic acids is 1. The number of carbonyl (C=O) groups is 1. The van der Waals surface area contributed by atoms with Crippen LogP contribution in [0.4, 0.5) is 5.82 Å². The number of hydrogen-bond donors (Lipinski definition) is 2. The van der Waals surface area contributed by atoms with E-state index in [-0.39, 0.29) is 17.4 Å². The van der Waals surface area contributed by atoms with Crippen LogP contribution < -0.4 is 5.32 Å². The normalized spacial score (nSPS) is 32.6. The van der Waals surface area contributed by atoms with Gasteiger partial charge in [-0.1, -0.05) is 0 Å². The van der Waals surface area contributed by atoms with Crippen LogP contribution in [0.2, 0.25) is 0 Å². The molecule has 0 spiro atoms. The third kappa shape index (κ3) is 3.56. The number of H-pyrrole nitrogens is 1. The molecular weight excluding hydrogens is 388 g/mol. The summed E-state index contributed by atoms with van der Waals surface area (Å²) in [5, 5.41) is 3.19. The van der Waals surface area contributed by atoms with Crippen LogP contribution in [0.25, 0.3) is 0 Å². The number of fused-ring (bicyclic) bond motifs is 1. The monoisotopic (exact) mass is 420 g/mol. The van der Waals surface area contributed by atoms with E-state index in [2.05, 4.69) is 37.1 Å². The van der Waals surface area contributed by atoms with Gasteiger partial charge < -0.3 is 10.3 Å². The molecule has 1 aliphatic heterocycles. The van der Waals surface area contributed by atoms with Crippen LogP contribution in [-0.4, -0.2) is 37.3 Å². The molecule has 2 N–H and O–H groups in total. The minimum atomic E-state index is 0.147. The van der Waals surface area contributed by atoms with E-state index in [1.165, 1.54) is 38.5 Å². The molecule has 1 unspecified atom stereocenters. The van der Waals surface area contributed by atoms with Gasteiger partial charge in [0.1, 0.15) is 18.0 Å². The molecule has 5 aliphatic rings. The van der Waals surface area contributed by atoms with Gasteiger partial charge in [-0.3, -0.25) is 9.69 Å². The highest BCUT2D eigenvalue weighted by atomic mass is 16.1. The maximum absolute atomic E-state index is 13.1. The summed E-state index contributed by atoms with van der Waals surface area (Å²) in [7, 11) is 0. The van der Waals surface area contributed by atoms with Crippen LogP contribution in [0.1, 0.15) is 75.0 Å². The summed E-state index contributed by atoms with van der Waals surface area (Å²) < 4.78 is 0. The zero-order chi connectivity index (χ0) is 21.0. The van der Waals surface area contributed by atoms with Crippen molar-refractivity contribution in [1.82, 2.24) is 24.8 Å². The van der Waals surface area contributed by atoms with Crippen molar-refractivity contribution < 1.29 is 4.79 Å². The number of nitrogens with one attached hydrogen (secondary N) is 2. The number of aromatic amines is 1. The zero-order valence-corrected chi connectivity index (χ0v) is 18.3. The Bertz CT molecular complexity index is 935. The number of aromatic nitrogens is 4. The Labute approximate surface area is 183 Å². The van der Waals surface area contributed by atoms with E-state index >= 15 is 0 Å². The molecule has 1 atom stereocenters. The van der Waals surface area contributed by atoms with Crippen LogP contribution >= 0.6 is 0 Å². The van der Waals surface area contributed by atoms with E-state index in [1.54, 1.807) is 12.5 Å². The quantitative estimate of drug-likeness (QED) is 0.767. The fourth-order valence-corrected chi connectivity index (χ4v) is 7.52. The van der Waals surface area contributed by atoms with Gasteiger partial charge in [-0.15, -0.1) is 0 Å². The first-order valence-electron chi connectivity index (χ1n) is 11.9. The predicted octanol–water partition coefficient (Wildman–Crippen LogP) is 3.86. The van der Waals surface area contributed by atoms with Gasteiger partial charge in [-0.2, -0.15) is 0 Å². The Morgan fingerprint density at radius 2 is 1.94 bits per heavy atom. The maximum atomic E-state index is 13.1. The van der Waals surface area contributed by atoms with Crippen molar-refractivity contribution in [1.29, 1.82) is 0 Å². The van der Waals surface area contributed by atoms with Gasteiger partial charge in [-0.25, -0.2) is 15.0 Å². The van der Waals surface area contributed by atoms with Crippen molar-refractivity contribution in [3.8, 4) is 0 Å². The lowest BCUT2D eigenvalue weighted by molar-refractivity contribution is -0.124. The largest absolute Gasteiger partial charge is 0.347 e. The lowest BCUT2D eigenvalue weighted by Gasteiger charge is -2.56. The fraction of sp³-hybridized carbons (Fsp3) is 0.667. The lowest BCUT2D eigenvalue weighted by Crippen LogP contribution is -2.47. The molecule has 164 valence electrons. The van der Waals surface area contributed by atoms with Gasteiger partial charge >= 0.3 is 0 Å². The van der Waals surface area contributed by atoms with E-state index in [0.29, 0.717) is 6.42 Å². The Kier molecular flexibility index (Phi) is 4.63. The van der Waals surface area contributed by atoms with E-state index in [9.17, 15) is 4.79 Å². The minimum Gasteiger partial charge on any atom is -0.347 e. The molecule has 0 aromatic carbocycles. The first-order chi connectivity index (χ1) is 15.1. The molecule has 7 rings (SSSR count). The molecule has 7 nitrogen and oxygen atoms in total. The van der Waals surface area contributed by atoms with E-state index in [1.807, 2.05) is 6.20 Å². The molecule has 4 fully saturated rings. The van der Waals surface area contributed by atoms with Crippen molar-refractivity contribution in [3.63, 3.8) is 0 Å². The van der Waals surface area contributed by atoms with Crippen molar-refractivity contribution in [2.45, 2.75) is 70.9 Å². The zero-order valence-electron chi connectivity index (χ0n) is 18.3. The molecule has 0 saturated heterocycles. The molecule has 0 radical (unpaired) electrons. The van der Waals surface area contributed by atoms with Gasteiger partial charge in [0.05, 0.1) is 11.7 Å². The van der Waals surface area contributed by atoms with Gasteiger partial charge in [0.25, 0.3) is 0 Å². The van der Waals surface area contributed by atoms with E-state index in [4.69, 9.17) is 0 Å². The number of hydrogen-bond acceptors (Lipinski definition) is 5. The summed E-state index contributed by atoms with van der Waals surface area (Å²) in [5.74, 6) is 4.45. The van der Waals surface area contributed by atoms with Crippen LogP contribution in [0.15, 0.2) is 18.7 Å². The molecule has 1 amide bonds. The molecule has 3 heterocycles. The molecule has 31 heavy (non-hydrogen) atoms. The summed E-state index contributed by atoms with van der Waals surface area (Å²) in [6, 6.07) is 0.201. The summed E-state index contributed by atoms with van der Waals surface area (Å²) in [6.45, 7) is 3.82. The Balaban J connectivity index is 1.15. The minimum absolute atomic E-state index is 0.147.